The number of aromatic nitrogens is 5. The lowest BCUT2D eigenvalue weighted by Crippen LogP contribution is -2.17. The van der Waals surface area contributed by atoms with Crippen LogP contribution >= 0.6 is 34.3 Å². The molecular formula is C42H32ClN9O8S4. The molecule has 4 aromatic heterocycles. The lowest BCUT2D eigenvalue weighted by atomic mass is 10.1. The Morgan fingerprint density at radius 2 is 1.22 bits per heavy atom. The fourth-order valence-corrected chi connectivity index (χ4v) is 10.2. The van der Waals surface area contributed by atoms with Gasteiger partial charge in [0.05, 0.1) is 61.1 Å². The van der Waals surface area contributed by atoms with Crippen LogP contribution in [0.4, 0.5) is 21.8 Å². The molecule has 8 aromatic rings. The standard InChI is InChI=1S/C42H32ClN9O8S4/c1-23(53)24-3-9-29(10-4-24)63(56,57)51-33-17-27(20-45-40(33)43)25-5-13-31-35(18-25)61-41(47-31)49-38(54)15-16-39(55)50-42-48-32-14-6-26(19-36(32)62-42)34-21-44-22-37(46-34)52-64(58,59)30-11-7-28(60-2)8-12-30/h3-14,17-22,51H,15-16H2,1-2H3,(H,46,52)(H,47,49,54)(H,48,50,55). The molecule has 22 heteroatoms. The van der Waals surface area contributed by atoms with Gasteiger partial charge in [-0.15, -0.1) is 0 Å². The molecule has 0 fully saturated rings. The Bertz CT molecular complexity index is 3350. The van der Waals surface area contributed by atoms with Crippen LogP contribution in [0.15, 0.2) is 119 Å². The van der Waals surface area contributed by atoms with Crippen LogP contribution in [0.25, 0.3) is 42.8 Å². The predicted molar refractivity (Wildman–Crippen MR) is 246 cm³/mol. The first-order valence-electron chi connectivity index (χ1n) is 18.8. The van der Waals surface area contributed by atoms with Crippen molar-refractivity contribution in [3.8, 4) is 28.1 Å². The van der Waals surface area contributed by atoms with E-state index >= 15 is 0 Å². The molecule has 0 spiro atoms. The number of halogens is 1. The number of anilines is 4. The molecule has 64 heavy (non-hydrogen) atoms. The highest BCUT2D eigenvalue weighted by Gasteiger charge is 2.20. The van der Waals surface area contributed by atoms with E-state index in [1.165, 1.54) is 104 Å². The van der Waals surface area contributed by atoms with Crippen molar-refractivity contribution in [3.05, 3.63) is 120 Å². The van der Waals surface area contributed by atoms with Gasteiger partial charge in [0.2, 0.25) is 11.8 Å². The molecule has 0 aliphatic heterocycles. The van der Waals surface area contributed by atoms with E-state index in [2.05, 4.69) is 45.0 Å². The number of amides is 2. The number of nitrogens with zero attached hydrogens (tertiary/aromatic N) is 5. The van der Waals surface area contributed by atoms with E-state index in [0.717, 1.165) is 9.40 Å². The van der Waals surface area contributed by atoms with E-state index in [1.807, 2.05) is 6.07 Å². The van der Waals surface area contributed by atoms with Crippen molar-refractivity contribution in [3.63, 3.8) is 0 Å². The quantitative estimate of drug-likeness (QED) is 0.0560. The molecular weight excluding hydrogens is 922 g/mol. The Morgan fingerprint density at radius 1 is 0.656 bits per heavy atom. The Hall–Kier alpha value is -6.91. The third-order valence-corrected chi connectivity index (χ3v) is 14.3. The van der Waals surface area contributed by atoms with Crippen LogP contribution in [0.3, 0.4) is 0 Å². The molecule has 0 radical (unpaired) electrons. The smallest absolute Gasteiger partial charge is 0.263 e. The van der Waals surface area contributed by atoms with Crippen molar-refractivity contribution in [2.45, 2.75) is 29.6 Å². The van der Waals surface area contributed by atoms with Crippen molar-refractivity contribution in [1.82, 2.24) is 24.9 Å². The van der Waals surface area contributed by atoms with Gasteiger partial charge in [0.25, 0.3) is 20.0 Å². The zero-order chi connectivity index (χ0) is 45.2. The molecule has 4 heterocycles. The summed E-state index contributed by atoms with van der Waals surface area (Å²) in [5, 5.41) is 6.08. The number of hydrogen-bond acceptors (Lipinski definition) is 15. The van der Waals surface area contributed by atoms with Crippen molar-refractivity contribution in [1.29, 1.82) is 0 Å². The summed E-state index contributed by atoms with van der Waals surface area (Å²) in [5.41, 5.74) is 3.93. The van der Waals surface area contributed by atoms with Crippen LogP contribution in [0.1, 0.15) is 30.1 Å². The number of thiazole rings is 2. The number of sulfonamides is 2. The van der Waals surface area contributed by atoms with Crippen LogP contribution in [0.2, 0.25) is 5.15 Å². The Labute approximate surface area is 378 Å². The zero-order valence-corrected chi connectivity index (χ0v) is 37.3. The molecule has 0 atom stereocenters. The van der Waals surface area contributed by atoms with Crippen LogP contribution in [-0.2, 0) is 29.6 Å². The summed E-state index contributed by atoms with van der Waals surface area (Å²) in [7, 11) is -6.52. The average molecular weight is 954 g/mol. The number of nitrogens with one attached hydrogen (secondary N) is 4. The van der Waals surface area contributed by atoms with E-state index in [0.29, 0.717) is 55.0 Å². The molecule has 0 aliphatic carbocycles. The molecule has 0 bridgehead atoms. The van der Waals surface area contributed by atoms with Crippen LogP contribution in [0.5, 0.6) is 5.75 Å². The monoisotopic (exact) mass is 953 g/mol. The molecule has 8 rings (SSSR count). The summed E-state index contributed by atoms with van der Waals surface area (Å²) in [5.74, 6) is -0.495. The number of Topliss-reactive ketones (excluding diaryl/α,β-unsaturated/α-hetero) is 1. The summed E-state index contributed by atoms with van der Waals surface area (Å²) < 4.78 is 63.6. The number of fused-ring (bicyclic) bond motifs is 2. The van der Waals surface area contributed by atoms with E-state index < -0.39 is 31.9 Å². The molecule has 0 saturated heterocycles. The largest absolute Gasteiger partial charge is 0.497 e. The maximum Gasteiger partial charge on any atom is 0.263 e. The summed E-state index contributed by atoms with van der Waals surface area (Å²) in [4.78, 5) is 59.1. The number of carbonyl (C=O) groups excluding carboxylic acids is 3. The van der Waals surface area contributed by atoms with Crippen LogP contribution in [-0.4, -0.2) is 66.5 Å². The molecule has 0 aliphatic rings. The lowest BCUT2D eigenvalue weighted by molar-refractivity contribution is -0.121. The first-order valence-corrected chi connectivity index (χ1v) is 23.8. The third-order valence-electron chi connectivity index (χ3n) is 9.38. The Morgan fingerprint density at radius 3 is 1.81 bits per heavy atom. The highest BCUT2D eigenvalue weighted by atomic mass is 35.5. The molecule has 324 valence electrons. The van der Waals surface area contributed by atoms with E-state index in [1.54, 1.807) is 36.4 Å². The molecule has 2 amide bonds. The minimum absolute atomic E-state index is 0.0251. The van der Waals surface area contributed by atoms with E-state index in [4.69, 9.17) is 16.3 Å². The van der Waals surface area contributed by atoms with Gasteiger partial charge < -0.3 is 15.4 Å². The first-order chi connectivity index (χ1) is 30.6. The zero-order valence-electron chi connectivity index (χ0n) is 33.3. The second kappa shape index (κ2) is 18.1. The number of methoxy groups -OCH3 is 1. The van der Waals surface area contributed by atoms with E-state index in [9.17, 15) is 31.2 Å². The Kier molecular flexibility index (Phi) is 12.3. The van der Waals surface area contributed by atoms with Crippen LogP contribution in [0, 0.1) is 0 Å². The average Bonchev–Trinajstić information content (AvgIpc) is 3.88. The molecule has 0 unspecified atom stereocenters. The summed E-state index contributed by atoms with van der Waals surface area (Å²) in [6.07, 6.45) is 4.04. The van der Waals surface area contributed by atoms with Gasteiger partial charge in [0.1, 0.15) is 5.75 Å². The number of ketones is 1. The van der Waals surface area contributed by atoms with Gasteiger partial charge in [-0.3, -0.25) is 28.8 Å². The Balaban J connectivity index is 0.864. The maximum atomic E-state index is 13.1. The molecule has 4 aromatic carbocycles. The first kappa shape index (κ1) is 43.7. The highest BCUT2D eigenvalue weighted by Crippen LogP contribution is 2.34. The molecule has 17 nitrogen and oxygen atoms in total. The number of benzene rings is 4. The second-order valence-electron chi connectivity index (χ2n) is 13.8. The number of pyridine rings is 1. The SMILES string of the molecule is COc1ccc(S(=O)(=O)Nc2cncc(-c3ccc4nc(NC(=O)CCC(=O)Nc5nc6ccc(-c7cnc(Cl)c(NS(=O)(=O)c8ccc(C(C)=O)cc8)c7)cc6s5)sc4c3)n2)cc1. The van der Waals surface area contributed by atoms with Gasteiger partial charge in [-0.05, 0) is 79.2 Å². The summed E-state index contributed by atoms with van der Waals surface area (Å²) in [6, 6.07) is 23.6. The number of hydrogen-bond donors (Lipinski definition) is 4. The van der Waals surface area contributed by atoms with Crippen molar-refractivity contribution >= 4 is 114 Å². The van der Waals surface area contributed by atoms with Crippen molar-refractivity contribution < 1.29 is 36.0 Å². The number of rotatable bonds is 15. The van der Waals surface area contributed by atoms with Crippen molar-refractivity contribution in [2.75, 3.05) is 27.2 Å². The van der Waals surface area contributed by atoms with Gasteiger partial charge in [0.15, 0.2) is 27.0 Å². The van der Waals surface area contributed by atoms with Crippen molar-refractivity contribution in [2.24, 2.45) is 0 Å². The fourth-order valence-electron chi connectivity index (χ4n) is 6.14. The van der Waals surface area contributed by atoms with Gasteiger partial charge in [-0.2, -0.15) is 0 Å². The number of carbonyl (C=O) groups is 3. The molecule has 4 N–H and O–H groups in total. The van der Waals surface area contributed by atoms with Gasteiger partial charge in [0, 0.05) is 35.7 Å². The maximum absolute atomic E-state index is 13.1. The normalized spacial score (nSPS) is 11.6. The van der Waals surface area contributed by atoms with Crippen LogP contribution < -0.4 is 24.8 Å². The highest BCUT2D eigenvalue weighted by molar-refractivity contribution is 7.93. The lowest BCUT2D eigenvalue weighted by Gasteiger charge is -2.11. The van der Waals surface area contributed by atoms with Gasteiger partial charge in [-0.1, -0.05) is 58.5 Å². The number of ether oxygens (including phenoxy) is 1. The summed E-state index contributed by atoms with van der Waals surface area (Å²) in [6.45, 7) is 1.39. The minimum Gasteiger partial charge on any atom is -0.497 e. The predicted octanol–water partition coefficient (Wildman–Crippen LogP) is 8.25. The third kappa shape index (κ3) is 9.98. The molecule has 0 saturated carbocycles. The van der Waals surface area contributed by atoms with Gasteiger partial charge in [-0.25, -0.2) is 36.8 Å². The summed E-state index contributed by atoms with van der Waals surface area (Å²) >= 11 is 8.71. The second-order valence-corrected chi connectivity index (χ2v) is 19.6. The fraction of sp³-hybridized carbons (Fsp3) is 0.0952. The van der Waals surface area contributed by atoms with E-state index in [-0.39, 0.29) is 45.1 Å². The minimum atomic E-state index is -4.06. The van der Waals surface area contributed by atoms with Gasteiger partial charge >= 0.3 is 0 Å². The topological polar surface area (TPSA) is 241 Å².